The summed E-state index contributed by atoms with van der Waals surface area (Å²) < 4.78 is 0. The van der Waals surface area contributed by atoms with Gasteiger partial charge in [-0.3, -0.25) is 14.4 Å². The van der Waals surface area contributed by atoms with Crippen LogP contribution in [0.2, 0.25) is 0 Å². The van der Waals surface area contributed by atoms with Gasteiger partial charge in [0.05, 0.1) is 5.57 Å². The molecular formula is C33H46O3. The van der Waals surface area contributed by atoms with Crippen molar-refractivity contribution >= 4 is 17.3 Å². The molecule has 0 N–H and O–H groups in total. The van der Waals surface area contributed by atoms with Gasteiger partial charge in [-0.05, 0) is 111 Å². The van der Waals surface area contributed by atoms with Crippen LogP contribution in [0, 0.1) is 5.41 Å². The van der Waals surface area contributed by atoms with E-state index < -0.39 is 5.41 Å². The Morgan fingerprint density at radius 2 is 1.28 bits per heavy atom. The summed E-state index contributed by atoms with van der Waals surface area (Å²) in [6.45, 7) is 19.6. The molecule has 196 valence electrons. The fourth-order valence-electron chi connectivity index (χ4n) is 4.40. The predicted octanol–water partition coefficient (Wildman–Crippen LogP) is 8.70. The molecule has 0 aromatic carbocycles. The third kappa shape index (κ3) is 9.68. The van der Waals surface area contributed by atoms with Crippen LogP contribution in [0.25, 0.3) is 0 Å². The van der Waals surface area contributed by atoms with E-state index in [0.717, 1.165) is 42.4 Å². The van der Waals surface area contributed by atoms with Crippen molar-refractivity contribution in [3.05, 3.63) is 81.0 Å². The summed E-state index contributed by atoms with van der Waals surface area (Å²) in [5.41, 5.74) is 5.54. The number of allylic oxidation sites excluding steroid dienone is 14. The van der Waals surface area contributed by atoms with Gasteiger partial charge < -0.3 is 0 Å². The highest BCUT2D eigenvalue weighted by Crippen LogP contribution is 2.39. The van der Waals surface area contributed by atoms with Crippen LogP contribution >= 0.6 is 0 Å². The zero-order valence-corrected chi connectivity index (χ0v) is 24.2. The Kier molecular flexibility index (Phi) is 12.2. The first-order valence-corrected chi connectivity index (χ1v) is 13.0. The first kappa shape index (κ1) is 31.2. The fourth-order valence-corrected chi connectivity index (χ4v) is 4.40. The van der Waals surface area contributed by atoms with Gasteiger partial charge in [0.1, 0.15) is 0 Å². The molecular weight excluding hydrogens is 444 g/mol. The van der Waals surface area contributed by atoms with E-state index in [0.29, 0.717) is 12.0 Å². The van der Waals surface area contributed by atoms with Crippen molar-refractivity contribution in [2.24, 2.45) is 5.41 Å². The van der Waals surface area contributed by atoms with Gasteiger partial charge in [0.25, 0.3) is 0 Å². The highest BCUT2D eigenvalue weighted by atomic mass is 16.2. The second-order valence-corrected chi connectivity index (χ2v) is 11.2. The van der Waals surface area contributed by atoms with Crippen molar-refractivity contribution in [2.75, 3.05) is 0 Å². The molecule has 1 rings (SSSR count). The molecule has 0 aliphatic heterocycles. The van der Waals surface area contributed by atoms with Gasteiger partial charge >= 0.3 is 0 Å². The van der Waals surface area contributed by atoms with Gasteiger partial charge in [-0.1, -0.05) is 60.4 Å². The van der Waals surface area contributed by atoms with Crippen molar-refractivity contribution in [3.63, 3.8) is 0 Å². The lowest BCUT2D eigenvalue weighted by atomic mass is 9.72. The first-order chi connectivity index (χ1) is 16.7. The van der Waals surface area contributed by atoms with Gasteiger partial charge in [0.15, 0.2) is 17.3 Å². The molecule has 0 saturated carbocycles. The second-order valence-electron chi connectivity index (χ2n) is 11.2. The van der Waals surface area contributed by atoms with Gasteiger partial charge in [-0.2, -0.15) is 0 Å². The molecule has 1 aliphatic rings. The summed E-state index contributed by atoms with van der Waals surface area (Å²) in [6.07, 6.45) is 15.3. The third-order valence-electron chi connectivity index (χ3n) is 6.45. The number of Topliss-reactive ketones (excluding diaryl/α,β-unsaturated/α-hetero) is 1. The van der Waals surface area contributed by atoms with E-state index in [1.165, 1.54) is 17.2 Å². The normalized spacial score (nSPS) is 16.4. The van der Waals surface area contributed by atoms with Crippen LogP contribution in [0.4, 0.5) is 0 Å². The largest absolute Gasteiger partial charge is 0.290 e. The molecule has 0 aromatic rings. The second kappa shape index (κ2) is 14.1. The lowest BCUT2D eigenvalue weighted by molar-refractivity contribution is -0.119. The van der Waals surface area contributed by atoms with E-state index in [1.54, 1.807) is 13.0 Å². The Labute approximate surface area is 219 Å². The minimum atomic E-state index is -0.414. The van der Waals surface area contributed by atoms with Crippen molar-refractivity contribution in [1.82, 2.24) is 0 Å². The van der Waals surface area contributed by atoms with Gasteiger partial charge in [-0.15, -0.1) is 0 Å². The zero-order valence-electron chi connectivity index (χ0n) is 24.2. The van der Waals surface area contributed by atoms with E-state index in [1.807, 2.05) is 54.5 Å². The molecule has 0 amide bonds. The monoisotopic (exact) mass is 490 g/mol. The molecule has 0 heterocycles. The van der Waals surface area contributed by atoms with Crippen molar-refractivity contribution in [3.8, 4) is 0 Å². The van der Waals surface area contributed by atoms with E-state index in [4.69, 9.17) is 0 Å². The van der Waals surface area contributed by atoms with E-state index in [-0.39, 0.29) is 28.5 Å². The molecule has 0 spiro atoms. The van der Waals surface area contributed by atoms with Gasteiger partial charge in [0, 0.05) is 11.1 Å². The average Bonchev–Trinajstić information content (AvgIpc) is 2.72. The zero-order chi connectivity index (χ0) is 27.6. The summed E-state index contributed by atoms with van der Waals surface area (Å²) in [5, 5.41) is 0. The van der Waals surface area contributed by atoms with Crippen LogP contribution in [0.15, 0.2) is 81.0 Å². The number of rotatable bonds is 12. The Hall–Kier alpha value is -2.81. The van der Waals surface area contributed by atoms with Crippen LogP contribution in [-0.4, -0.2) is 17.3 Å². The van der Waals surface area contributed by atoms with E-state index in [2.05, 4.69) is 32.1 Å². The molecule has 3 heteroatoms. The summed E-state index contributed by atoms with van der Waals surface area (Å²) in [4.78, 5) is 40.7. The average molecular weight is 491 g/mol. The highest BCUT2D eigenvalue weighted by molar-refractivity contribution is 6.33. The van der Waals surface area contributed by atoms with Gasteiger partial charge in [-0.25, -0.2) is 0 Å². The maximum Gasteiger partial charge on any atom is 0.194 e. The molecule has 0 unspecified atom stereocenters. The number of carbonyl (C=O) groups excluding carboxylic acids is 3. The molecule has 1 aliphatic carbocycles. The van der Waals surface area contributed by atoms with Crippen LogP contribution in [0.1, 0.15) is 101 Å². The SMILES string of the molecule is CC(C)=CCC/C(C)=C/C(=O)/C(C)=C(\C(=O)/C=C(\C)CCC=C(C)C)C(=O)C1=C(C)C=CCC1(C)C. The molecule has 0 bridgehead atoms. The van der Waals surface area contributed by atoms with E-state index >= 15 is 0 Å². The number of carbonyl (C=O) groups is 3. The van der Waals surface area contributed by atoms with Crippen LogP contribution in [0.5, 0.6) is 0 Å². The summed E-state index contributed by atoms with van der Waals surface area (Å²) in [6, 6.07) is 0. The summed E-state index contributed by atoms with van der Waals surface area (Å²) in [7, 11) is 0. The third-order valence-corrected chi connectivity index (χ3v) is 6.45. The van der Waals surface area contributed by atoms with Crippen molar-refractivity contribution in [2.45, 2.75) is 101 Å². The van der Waals surface area contributed by atoms with E-state index in [9.17, 15) is 14.4 Å². The Morgan fingerprint density at radius 1 is 0.806 bits per heavy atom. The maximum absolute atomic E-state index is 13.9. The molecule has 0 atom stereocenters. The summed E-state index contributed by atoms with van der Waals surface area (Å²) in [5.74, 6) is -0.997. The van der Waals surface area contributed by atoms with Crippen molar-refractivity contribution < 1.29 is 14.4 Å². The lowest BCUT2D eigenvalue weighted by Crippen LogP contribution is -2.28. The smallest absolute Gasteiger partial charge is 0.194 e. The number of hydrogen-bond acceptors (Lipinski definition) is 3. The van der Waals surface area contributed by atoms with Crippen LogP contribution < -0.4 is 0 Å². The fraction of sp³-hybridized carbons (Fsp3) is 0.485. The summed E-state index contributed by atoms with van der Waals surface area (Å²) >= 11 is 0. The Morgan fingerprint density at radius 3 is 1.72 bits per heavy atom. The van der Waals surface area contributed by atoms with Crippen LogP contribution in [-0.2, 0) is 14.4 Å². The highest BCUT2D eigenvalue weighted by Gasteiger charge is 2.35. The lowest BCUT2D eigenvalue weighted by Gasteiger charge is -2.31. The molecule has 0 aromatic heterocycles. The predicted molar refractivity (Wildman–Crippen MR) is 153 cm³/mol. The molecule has 36 heavy (non-hydrogen) atoms. The molecule has 0 fully saturated rings. The van der Waals surface area contributed by atoms with Crippen LogP contribution in [0.3, 0.4) is 0 Å². The van der Waals surface area contributed by atoms with Gasteiger partial charge in [0.2, 0.25) is 0 Å². The maximum atomic E-state index is 13.9. The number of ketones is 3. The minimum Gasteiger partial charge on any atom is -0.290 e. The quantitative estimate of drug-likeness (QED) is 0.119. The molecule has 0 saturated heterocycles. The standard InChI is InChI=1S/C33H46O3/c1-22(2)14-11-16-24(5)20-28(34)27(8)30(29(35)21-25(6)17-12-15-23(3)4)32(36)31-26(7)18-13-19-33(31,9)10/h13-15,18,20-21H,11-12,16-17,19H2,1-10H3/b24-20+,25-21+,30-27+. The minimum absolute atomic E-state index is 0.00682. The number of hydrogen-bond donors (Lipinski definition) is 0. The molecule has 3 nitrogen and oxygen atoms in total. The Balaban J connectivity index is 3.51. The first-order valence-electron chi connectivity index (χ1n) is 13.0. The molecule has 0 radical (unpaired) electrons. The van der Waals surface area contributed by atoms with Crippen molar-refractivity contribution in [1.29, 1.82) is 0 Å². The Bertz CT molecular complexity index is 1080. The topological polar surface area (TPSA) is 51.2 Å².